The zero-order valence-corrected chi connectivity index (χ0v) is 66.0. The first-order chi connectivity index (χ1) is 42.0. The van der Waals surface area contributed by atoms with Crippen LogP contribution in [0.2, 0.25) is 0 Å². The Morgan fingerprint density at radius 2 is 0.576 bits per heavy atom. The van der Waals surface area contributed by atoms with Crippen molar-refractivity contribution in [3.8, 4) is 34.5 Å². The van der Waals surface area contributed by atoms with Gasteiger partial charge in [0.05, 0.1) is 39.6 Å². The molecule has 2 heterocycles. The van der Waals surface area contributed by atoms with Crippen molar-refractivity contribution in [3.05, 3.63) is 203 Å². The Morgan fingerprint density at radius 1 is 0.359 bits per heavy atom. The summed E-state index contributed by atoms with van der Waals surface area (Å²) in [5.74, 6) is -0.189. The van der Waals surface area contributed by atoms with Crippen molar-refractivity contribution in [2.75, 3.05) is 6.54 Å². The van der Waals surface area contributed by atoms with Gasteiger partial charge in [-0.1, -0.05) is 208 Å². The monoisotopic (exact) mass is 1700 g/mol. The number of fused-ring (bicyclic) bond motifs is 12. The topological polar surface area (TPSA) is 246 Å². The number of ether oxygens (including phenoxy) is 3. The van der Waals surface area contributed by atoms with Crippen molar-refractivity contribution in [1.29, 1.82) is 0 Å². The summed E-state index contributed by atoms with van der Waals surface area (Å²) in [6.45, 7) is 38.8. The third-order valence-corrected chi connectivity index (χ3v) is 30.6. The molecule has 0 aromatic heterocycles. The Bertz CT molecular complexity index is 3220. The van der Waals surface area contributed by atoms with E-state index in [1.165, 1.54) is 0 Å². The van der Waals surface area contributed by atoms with E-state index in [9.17, 15) is 39.6 Å². The van der Waals surface area contributed by atoms with Crippen LogP contribution in [0, 0.1) is 53.2 Å². The maximum atomic E-state index is 14.7. The van der Waals surface area contributed by atoms with E-state index in [1.54, 1.807) is 6.20 Å². The number of benzene rings is 6. The number of phenolic OH excluding ortho intramolecular Hbond substituents is 4. The average molecular weight is 1700 g/mol. The molecule has 92 heavy (non-hydrogen) atoms. The Labute approximate surface area is 580 Å². The van der Waals surface area contributed by atoms with Gasteiger partial charge in [0.2, 0.25) is 0 Å². The summed E-state index contributed by atoms with van der Waals surface area (Å²) in [6, 6.07) is 23.5. The number of nitrogens with zero attached hydrogens (tertiary/aromatic N) is 1. The second-order valence-corrected chi connectivity index (χ2v) is 43.0. The minimum atomic E-state index is -4.42. The molecule has 2 aliphatic heterocycles. The van der Waals surface area contributed by atoms with Crippen LogP contribution in [0.3, 0.4) is 0 Å². The van der Waals surface area contributed by atoms with E-state index in [4.69, 9.17) is 14.2 Å². The third kappa shape index (κ3) is 21.6. The zero-order valence-electron chi connectivity index (χ0n) is 57.6. The Hall–Kier alpha value is -4.86. The molecule has 15 nitrogen and oxygen atoms in total. The quantitative estimate of drug-likeness (QED) is 0.118. The van der Waals surface area contributed by atoms with Gasteiger partial charge < -0.3 is 50.2 Å². The molecule has 0 atom stereocenters. The molecule has 0 spiro atoms. The summed E-state index contributed by atoms with van der Waals surface area (Å²) >= 11 is -8.84. The molecule has 18 heteroatoms. The van der Waals surface area contributed by atoms with Gasteiger partial charge in [-0.05, 0) is 124 Å². The van der Waals surface area contributed by atoms with Gasteiger partial charge in [0, 0.05) is 41.5 Å². The fourth-order valence-electron chi connectivity index (χ4n) is 10.5. The van der Waals surface area contributed by atoms with Crippen LogP contribution in [0.15, 0.2) is 97.2 Å². The number of hydrogen-bond acceptors (Lipinski definition) is 14. The van der Waals surface area contributed by atoms with E-state index < -0.39 is 53.2 Å². The van der Waals surface area contributed by atoms with E-state index in [-0.39, 0.29) is 145 Å². The van der Waals surface area contributed by atoms with E-state index >= 15 is 0 Å². The van der Waals surface area contributed by atoms with E-state index in [2.05, 4.69) is 130 Å². The van der Waals surface area contributed by atoms with Gasteiger partial charge in [0.15, 0.2) is 0 Å². The number of hydrogen-bond donors (Lipinski definition) is 4. The molecule has 0 unspecified atom stereocenters. The van der Waals surface area contributed by atoms with Crippen molar-refractivity contribution in [3.63, 3.8) is 0 Å². The molecule has 0 aliphatic carbocycles. The fraction of sp³-hybridized carbons (Fsp3) is 0.459. The summed E-state index contributed by atoms with van der Waals surface area (Å²) in [4.78, 5) is 0. The third-order valence-electron chi connectivity index (χ3n) is 16.3. The molecule has 0 saturated heterocycles. The molecule has 8 rings (SSSR count). The van der Waals surface area contributed by atoms with Gasteiger partial charge in [-0.3, -0.25) is 0 Å². The number of phenols is 4. The number of allylic oxidation sites excluding steroid dienone is 2. The SMILES string of the molecule is C1=CC[N-]C=C1.CC(C)(C)c1cc2c([O-])c(c1)Cc1cc(C(C)(C)C)cc(c1O)COCc1cc(C(C)(C)C)cc(c1O)Cc1cc(C(C)(C)C)cc(c1[O-])COCc1cc(C(C)(C)C)cc(c1O)Cc1cc(C(C)(C)C)cc(c1O)COC2.[Li+].[O]=[U](=[O])[O][U](=[O])=[O]. The van der Waals surface area contributed by atoms with Gasteiger partial charge in [-0.15, -0.1) is 12.6 Å². The van der Waals surface area contributed by atoms with Gasteiger partial charge in [-0.25, -0.2) is 0 Å². The summed E-state index contributed by atoms with van der Waals surface area (Å²) in [5, 5.41) is 81.8. The van der Waals surface area contributed by atoms with Gasteiger partial charge in [0.25, 0.3) is 0 Å². The van der Waals surface area contributed by atoms with Gasteiger partial charge >= 0.3 is 80.8 Å². The second kappa shape index (κ2) is 31.8. The molecule has 6 aromatic rings. The molecule has 6 aromatic carbocycles. The fourth-order valence-corrected chi connectivity index (χ4v) is 16.3. The van der Waals surface area contributed by atoms with E-state index in [0.717, 1.165) is 39.9 Å². The van der Waals surface area contributed by atoms with Crippen LogP contribution in [-0.4, -0.2) is 27.0 Å². The first-order valence-corrected chi connectivity index (χ1v) is 41.1. The minimum absolute atomic E-state index is 0. The molecule has 0 fully saturated rings. The number of rotatable bonds is 2. The van der Waals surface area contributed by atoms with Crippen molar-refractivity contribution in [1.82, 2.24) is 0 Å². The predicted octanol–water partition coefficient (Wildman–Crippen LogP) is 12.6. The standard InChI is InChI=1S/C69H90O9.C5H6N.Li.5O.2U/c1-64(2,3)52-22-40-19-41-23-53(65(4,5)6)30-48(59(41)71)36-77-37-49-31-56(68(13,14)15)26-44(62(49)74)21-45-27-57(69(16,17)18)33-51(63(45)75)39-78-38-50-32-55(67(10,11)12)25-43(61(50)73)20-42-24-54(66(7,8)9)29-47(60(42)72)35-76-34-46(28-52)58(40)70;1-2-4-6-5-3-1;;;;;;;;/h22-33,70-75H,19-21,34-39H2,1-18H3;1-4H,5H2;;;;;;;;/q;-1;+1;;;;;;;/p-2. The summed E-state index contributed by atoms with van der Waals surface area (Å²) < 4.78 is 60.6. The molecule has 4 N–H and O–H groups in total. The Morgan fingerprint density at radius 3 is 0.761 bits per heavy atom. The number of aromatic hydroxyl groups is 4. The van der Waals surface area contributed by atoms with Crippen molar-refractivity contribution in [2.24, 2.45) is 0 Å². The first-order valence-electron chi connectivity index (χ1n) is 30.9. The van der Waals surface area contributed by atoms with Crippen LogP contribution >= 0.6 is 0 Å². The summed E-state index contributed by atoms with van der Waals surface area (Å²) in [7, 11) is 0. The van der Waals surface area contributed by atoms with Gasteiger partial charge in [0.1, 0.15) is 23.0 Å². The molecular weight excluding hydrogens is 1610 g/mol. The van der Waals surface area contributed by atoms with Crippen LogP contribution in [0.5, 0.6) is 34.5 Å². The molecule has 0 amide bonds. The molecule has 2 aliphatic rings. The van der Waals surface area contributed by atoms with Crippen molar-refractivity contribution < 1.29 is 126 Å². The Kier molecular flexibility index (Phi) is 26.9. The van der Waals surface area contributed by atoms with Gasteiger partial charge in [-0.2, -0.15) is 6.20 Å². The summed E-state index contributed by atoms with van der Waals surface area (Å²) in [6.07, 6.45) is 8.25. The molecule has 490 valence electrons. The molecule has 0 saturated carbocycles. The second-order valence-electron chi connectivity index (χ2n) is 30.1. The first kappa shape index (κ1) is 77.8. The molecule has 12 bridgehead atoms. The van der Waals surface area contributed by atoms with Crippen LogP contribution < -0.4 is 29.1 Å². The average Bonchev–Trinajstić information content (AvgIpc) is 0.808. The van der Waals surface area contributed by atoms with Crippen LogP contribution in [0.25, 0.3) is 5.32 Å². The molecule has 0 radical (unpaired) electrons. The Balaban J connectivity index is 0.000000982. The van der Waals surface area contributed by atoms with Crippen molar-refractivity contribution in [2.45, 2.75) is 216 Å². The summed E-state index contributed by atoms with van der Waals surface area (Å²) in [5.41, 5.74) is 10.5. The maximum absolute atomic E-state index is 14.7. The van der Waals surface area contributed by atoms with Crippen LogP contribution in [0.1, 0.15) is 225 Å². The van der Waals surface area contributed by atoms with Crippen molar-refractivity contribution >= 4 is 0 Å². The van der Waals surface area contributed by atoms with Crippen LogP contribution in [0.4, 0.5) is 0 Å². The zero-order chi connectivity index (χ0) is 67.9. The normalized spacial score (nSPS) is 14.5. The van der Waals surface area contributed by atoms with E-state index in [1.807, 2.05) is 91.0 Å². The van der Waals surface area contributed by atoms with E-state index in [0.29, 0.717) is 66.8 Å². The predicted molar refractivity (Wildman–Crippen MR) is 341 cm³/mol. The molecular formula is C74H94LiNO14U2-2. The van der Waals surface area contributed by atoms with Crippen LogP contribution in [-0.2, 0) is 114 Å².